The molecule has 0 aliphatic carbocycles. The van der Waals surface area contributed by atoms with Crippen molar-refractivity contribution in [1.82, 2.24) is 19.6 Å². The zero-order valence-corrected chi connectivity index (χ0v) is 15.5. The topological polar surface area (TPSA) is 81.8 Å². The van der Waals surface area contributed by atoms with Gasteiger partial charge in [-0.15, -0.1) is 5.10 Å². The summed E-state index contributed by atoms with van der Waals surface area (Å²) in [6.07, 6.45) is 0. The first kappa shape index (κ1) is 18.2. The molecule has 3 rings (SSSR count). The number of carbonyl (C=O) groups is 1. The highest BCUT2D eigenvalue weighted by Crippen LogP contribution is 2.25. The molecule has 0 aliphatic rings. The summed E-state index contributed by atoms with van der Waals surface area (Å²) in [5.41, 5.74) is 1.71. The first-order valence-electron chi connectivity index (χ1n) is 7.70. The Balaban J connectivity index is 1.83. The molecule has 9 heteroatoms. The van der Waals surface area contributed by atoms with Crippen LogP contribution in [0.25, 0.3) is 5.82 Å². The van der Waals surface area contributed by atoms with Crippen molar-refractivity contribution in [3.05, 3.63) is 68.2 Å². The summed E-state index contributed by atoms with van der Waals surface area (Å²) in [6.45, 7) is 3.49. The average molecular weight is 392 g/mol. The lowest BCUT2D eigenvalue weighted by Crippen LogP contribution is -2.30. The van der Waals surface area contributed by atoms with Crippen LogP contribution in [0.3, 0.4) is 0 Å². The van der Waals surface area contributed by atoms with Gasteiger partial charge in [0.1, 0.15) is 6.54 Å². The molecule has 0 atom stereocenters. The van der Waals surface area contributed by atoms with Crippen LogP contribution in [0.1, 0.15) is 11.4 Å². The van der Waals surface area contributed by atoms with Crippen molar-refractivity contribution in [3.8, 4) is 5.82 Å². The van der Waals surface area contributed by atoms with Crippen LogP contribution in [0.15, 0.2) is 41.2 Å². The van der Waals surface area contributed by atoms with Crippen molar-refractivity contribution >= 4 is 34.8 Å². The summed E-state index contributed by atoms with van der Waals surface area (Å²) in [7, 11) is 0. The van der Waals surface area contributed by atoms with Crippen LogP contribution in [0.4, 0.5) is 5.69 Å². The third-order valence-electron chi connectivity index (χ3n) is 3.58. The SMILES string of the molecule is Cc1cc(C)n(-c2ccc(=O)n(CC(=O)Nc3ccc(Cl)cc3Cl)n2)n1. The molecule has 1 N–H and O–H groups in total. The van der Waals surface area contributed by atoms with Gasteiger partial charge in [0, 0.05) is 16.8 Å². The molecule has 0 radical (unpaired) electrons. The molecule has 0 fully saturated rings. The Bertz CT molecular complexity index is 1040. The van der Waals surface area contributed by atoms with Gasteiger partial charge in [-0.05, 0) is 44.2 Å². The summed E-state index contributed by atoms with van der Waals surface area (Å²) in [5, 5.41) is 12.0. The van der Waals surface area contributed by atoms with Crippen LogP contribution in [0, 0.1) is 13.8 Å². The lowest BCUT2D eigenvalue weighted by Gasteiger charge is -2.10. The van der Waals surface area contributed by atoms with Gasteiger partial charge in [-0.2, -0.15) is 5.10 Å². The molecule has 1 amide bonds. The fraction of sp³-hybridized carbons (Fsp3) is 0.176. The molecule has 26 heavy (non-hydrogen) atoms. The highest BCUT2D eigenvalue weighted by molar-refractivity contribution is 6.36. The number of amides is 1. The molecule has 0 spiro atoms. The number of halogens is 2. The van der Waals surface area contributed by atoms with E-state index in [4.69, 9.17) is 23.2 Å². The zero-order chi connectivity index (χ0) is 18.8. The molecule has 3 aromatic rings. The third kappa shape index (κ3) is 3.95. The Morgan fingerprint density at radius 1 is 1.12 bits per heavy atom. The Labute approximate surface area is 159 Å². The number of benzene rings is 1. The largest absolute Gasteiger partial charge is 0.323 e. The van der Waals surface area contributed by atoms with Gasteiger partial charge in [0.15, 0.2) is 5.82 Å². The Morgan fingerprint density at radius 3 is 2.54 bits per heavy atom. The summed E-state index contributed by atoms with van der Waals surface area (Å²) >= 11 is 11.9. The summed E-state index contributed by atoms with van der Waals surface area (Å²) in [4.78, 5) is 24.3. The summed E-state index contributed by atoms with van der Waals surface area (Å²) in [5.74, 6) is 0.0156. The number of carbonyl (C=O) groups excluding carboxylic acids is 1. The van der Waals surface area contributed by atoms with Crippen molar-refractivity contribution in [2.75, 3.05) is 5.32 Å². The molecular formula is C17H15Cl2N5O2. The van der Waals surface area contributed by atoms with Gasteiger partial charge in [-0.1, -0.05) is 23.2 Å². The summed E-state index contributed by atoms with van der Waals surface area (Å²) < 4.78 is 2.68. The maximum absolute atomic E-state index is 12.3. The van der Waals surface area contributed by atoms with E-state index < -0.39 is 11.5 Å². The van der Waals surface area contributed by atoms with E-state index in [1.54, 1.807) is 22.9 Å². The second-order valence-corrected chi connectivity index (χ2v) is 6.54. The van der Waals surface area contributed by atoms with E-state index in [0.717, 1.165) is 16.1 Å². The maximum Gasteiger partial charge on any atom is 0.267 e. The average Bonchev–Trinajstić information content (AvgIpc) is 2.91. The lowest BCUT2D eigenvalue weighted by atomic mass is 10.3. The van der Waals surface area contributed by atoms with Crippen LogP contribution in [0.5, 0.6) is 0 Å². The lowest BCUT2D eigenvalue weighted by molar-refractivity contribution is -0.117. The van der Waals surface area contributed by atoms with Gasteiger partial charge in [0.2, 0.25) is 5.91 Å². The van der Waals surface area contributed by atoms with E-state index >= 15 is 0 Å². The van der Waals surface area contributed by atoms with Crippen LogP contribution in [-0.2, 0) is 11.3 Å². The highest BCUT2D eigenvalue weighted by Gasteiger charge is 2.11. The number of aryl methyl sites for hydroxylation is 2. The van der Waals surface area contributed by atoms with E-state index in [1.807, 2.05) is 19.9 Å². The first-order chi connectivity index (χ1) is 12.3. The predicted octanol–water partition coefficient (Wildman–Crippen LogP) is 2.99. The number of aromatic nitrogens is 4. The van der Waals surface area contributed by atoms with Crippen LogP contribution < -0.4 is 10.9 Å². The van der Waals surface area contributed by atoms with Crippen molar-refractivity contribution in [2.24, 2.45) is 0 Å². The molecule has 0 bridgehead atoms. The smallest absolute Gasteiger partial charge is 0.267 e. The standard InChI is InChI=1S/C17H15Cl2N5O2/c1-10-7-11(2)24(21-10)15-5-6-17(26)23(22-15)9-16(25)20-14-4-3-12(18)8-13(14)19/h3-8H,9H2,1-2H3,(H,20,25). The Kier molecular flexibility index (Phi) is 5.11. The van der Waals surface area contributed by atoms with Crippen LogP contribution >= 0.6 is 23.2 Å². The van der Waals surface area contributed by atoms with Gasteiger partial charge in [0.05, 0.1) is 16.4 Å². The second kappa shape index (κ2) is 7.31. The third-order valence-corrected chi connectivity index (χ3v) is 4.13. The van der Waals surface area contributed by atoms with E-state index in [0.29, 0.717) is 21.6 Å². The summed E-state index contributed by atoms with van der Waals surface area (Å²) in [6, 6.07) is 9.52. The van der Waals surface area contributed by atoms with Crippen molar-refractivity contribution in [3.63, 3.8) is 0 Å². The van der Waals surface area contributed by atoms with E-state index in [1.165, 1.54) is 12.1 Å². The monoisotopic (exact) mass is 391 g/mol. The number of nitrogens with one attached hydrogen (secondary N) is 1. The number of hydrogen-bond acceptors (Lipinski definition) is 4. The number of rotatable bonds is 4. The molecule has 2 heterocycles. The normalized spacial score (nSPS) is 10.8. The maximum atomic E-state index is 12.3. The fourth-order valence-corrected chi connectivity index (χ4v) is 2.90. The zero-order valence-electron chi connectivity index (χ0n) is 14.0. The number of anilines is 1. The molecule has 2 aromatic heterocycles. The number of hydrogen-bond donors (Lipinski definition) is 1. The molecule has 0 saturated carbocycles. The number of nitrogens with zero attached hydrogens (tertiary/aromatic N) is 4. The molecule has 0 saturated heterocycles. The van der Waals surface area contributed by atoms with Gasteiger partial charge < -0.3 is 5.32 Å². The Morgan fingerprint density at radius 2 is 1.88 bits per heavy atom. The molecular weight excluding hydrogens is 377 g/mol. The van der Waals surface area contributed by atoms with Crippen LogP contribution in [0.2, 0.25) is 10.0 Å². The van der Waals surface area contributed by atoms with Gasteiger partial charge >= 0.3 is 0 Å². The van der Waals surface area contributed by atoms with E-state index in [-0.39, 0.29) is 6.54 Å². The molecule has 7 nitrogen and oxygen atoms in total. The fourth-order valence-electron chi connectivity index (χ4n) is 2.44. The minimum absolute atomic E-state index is 0.259. The van der Waals surface area contributed by atoms with Gasteiger partial charge in [-0.3, -0.25) is 9.59 Å². The van der Waals surface area contributed by atoms with Gasteiger partial charge in [0.25, 0.3) is 5.56 Å². The minimum atomic E-state index is -0.436. The highest BCUT2D eigenvalue weighted by atomic mass is 35.5. The Hall–Kier alpha value is -2.64. The predicted molar refractivity (Wildman–Crippen MR) is 100 cm³/mol. The van der Waals surface area contributed by atoms with Crippen molar-refractivity contribution < 1.29 is 4.79 Å². The second-order valence-electron chi connectivity index (χ2n) is 5.70. The van der Waals surface area contributed by atoms with Gasteiger partial charge in [-0.25, -0.2) is 9.36 Å². The molecule has 0 unspecified atom stereocenters. The first-order valence-corrected chi connectivity index (χ1v) is 8.46. The van der Waals surface area contributed by atoms with E-state index in [9.17, 15) is 9.59 Å². The molecule has 0 aliphatic heterocycles. The quantitative estimate of drug-likeness (QED) is 0.740. The minimum Gasteiger partial charge on any atom is -0.323 e. The van der Waals surface area contributed by atoms with E-state index in [2.05, 4.69) is 15.5 Å². The van der Waals surface area contributed by atoms with Crippen LogP contribution in [-0.4, -0.2) is 25.5 Å². The van der Waals surface area contributed by atoms with Crippen molar-refractivity contribution in [1.29, 1.82) is 0 Å². The van der Waals surface area contributed by atoms with Crippen molar-refractivity contribution in [2.45, 2.75) is 20.4 Å². The molecule has 1 aromatic carbocycles. The molecule has 134 valence electrons.